The molecular formula is C64H40N4. The summed E-state index contributed by atoms with van der Waals surface area (Å²) in [6.45, 7) is 0. The first kappa shape index (κ1) is 38.3. The van der Waals surface area contributed by atoms with Crippen LogP contribution < -0.4 is 0 Å². The van der Waals surface area contributed by atoms with E-state index in [9.17, 15) is 0 Å². The van der Waals surface area contributed by atoms with Crippen molar-refractivity contribution >= 4 is 21.8 Å². The van der Waals surface area contributed by atoms with Crippen molar-refractivity contribution in [3.63, 3.8) is 0 Å². The molecule has 0 bridgehead atoms. The lowest BCUT2D eigenvalue weighted by molar-refractivity contribution is 0.748. The normalized spacial score (nSPS) is 14.2. The van der Waals surface area contributed by atoms with Gasteiger partial charge in [0.25, 0.3) is 0 Å². The Morgan fingerprint density at radius 1 is 0.279 bits per heavy atom. The summed E-state index contributed by atoms with van der Waals surface area (Å²) in [5.41, 5.74) is 20.5. The van der Waals surface area contributed by atoms with Gasteiger partial charge in [0.2, 0.25) is 0 Å². The van der Waals surface area contributed by atoms with Crippen LogP contribution in [0.2, 0.25) is 0 Å². The van der Waals surface area contributed by atoms with Crippen molar-refractivity contribution in [2.24, 2.45) is 0 Å². The first-order valence-corrected chi connectivity index (χ1v) is 23.3. The van der Waals surface area contributed by atoms with Gasteiger partial charge in [-0.3, -0.25) is 0 Å². The van der Waals surface area contributed by atoms with Crippen molar-refractivity contribution in [2.75, 3.05) is 0 Å². The van der Waals surface area contributed by atoms with E-state index in [4.69, 9.17) is 15.0 Å². The van der Waals surface area contributed by atoms with Crippen molar-refractivity contribution in [1.82, 2.24) is 19.5 Å². The second-order valence-electron chi connectivity index (χ2n) is 17.9. The van der Waals surface area contributed by atoms with Crippen LogP contribution in [0.1, 0.15) is 22.3 Å². The van der Waals surface area contributed by atoms with Crippen LogP contribution in [-0.2, 0) is 5.41 Å². The number of para-hydroxylation sites is 3. The van der Waals surface area contributed by atoms with Gasteiger partial charge in [0.1, 0.15) is 0 Å². The van der Waals surface area contributed by atoms with E-state index < -0.39 is 5.41 Å². The van der Waals surface area contributed by atoms with E-state index in [-0.39, 0.29) is 0 Å². The van der Waals surface area contributed by atoms with E-state index in [1.54, 1.807) is 0 Å². The zero-order valence-corrected chi connectivity index (χ0v) is 36.9. The third-order valence-electron chi connectivity index (χ3n) is 14.2. The minimum Gasteiger partial charge on any atom is -0.309 e. The molecule has 2 aromatic heterocycles. The fourth-order valence-electron chi connectivity index (χ4n) is 11.3. The summed E-state index contributed by atoms with van der Waals surface area (Å²) in [4.78, 5) is 15.7. The van der Waals surface area contributed by atoms with Gasteiger partial charge in [-0.05, 0) is 103 Å². The zero-order chi connectivity index (χ0) is 44.8. The van der Waals surface area contributed by atoms with Crippen LogP contribution in [0, 0.1) is 0 Å². The van der Waals surface area contributed by atoms with Gasteiger partial charge in [0.05, 0.1) is 22.1 Å². The molecule has 0 amide bonds. The van der Waals surface area contributed by atoms with Gasteiger partial charge in [0.15, 0.2) is 17.5 Å². The van der Waals surface area contributed by atoms with Crippen LogP contribution >= 0.6 is 0 Å². The van der Waals surface area contributed by atoms with Crippen LogP contribution in [-0.4, -0.2) is 19.5 Å². The van der Waals surface area contributed by atoms with Gasteiger partial charge in [-0.25, -0.2) is 15.0 Å². The molecule has 12 aromatic rings. The number of benzene rings is 10. The largest absolute Gasteiger partial charge is 0.309 e. The third-order valence-corrected chi connectivity index (χ3v) is 14.2. The molecule has 0 saturated carbocycles. The molecular weight excluding hydrogens is 825 g/mol. The molecule has 1 atom stereocenters. The SMILES string of the molecule is c1ccc(-c2cccc(-c3nc(-c4cccc(-c5ccccc5)c4)nc(-c4cccc(-c5ccc6c(c5)-c5ccccc5C65c6ccccc6-n6c7ccccc7c7cccc5c76)c4)n3)c2)cc1. The molecule has 0 N–H and O–H groups in total. The molecule has 0 radical (unpaired) electrons. The molecule has 4 nitrogen and oxygen atoms in total. The monoisotopic (exact) mass is 864 g/mol. The quantitative estimate of drug-likeness (QED) is 0.167. The van der Waals surface area contributed by atoms with Crippen LogP contribution in [0.4, 0.5) is 0 Å². The van der Waals surface area contributed by atoms with Gasteiger partial charge in [0, 0.05) is 27.5 Å². The Morgan fingerprint density at radius 2 is 0.721 bits per heavy atom. The molecule has 0 saturated heterocycles. The summed E-state index contributed by atoms with van der Waals surface area (Å²) in [5.74, 6) is 1.87. The molecule has 4 heteroatoms. The average molecular weight is 865 g/mol. The maximum absolute atomic E-state index is 5.24. The smallest absolute Gasteiger partial charge is 0.164 e. The second kappa shape index (κ2) is 15.0. The highest BCUT2D eigenvalue weighted by atomic mass is 15.0. The lowest BCUT2D eigenvalue weighted by Crippen LogP contribution is -2.33. The highest BCUT2D eigenvalue weighted by Gasteiger charge is 2.50. The molecule has 1 unspecified atom stereocenters. The fourth-order valence-corrected chi connectivity index (χ4v) is 11.3. The Balaban J connectivity index is 0.928. The predicted molar refractivity (Wildman–Crippen MR) is 278 cm³/mol. The summed E-state index contributed by atoms with van der Waals surface area (Å²) in [6.07, 6.45) is 0. The summed E-state index contributed by atoms with van der Waals surface area (Å²) in [6, 6.07) is 87.5. The van der Waals surface area contributed by atoms with Crippen molar-refractivity contribution in [2.45, 2.75) is 5.41 Å². The molecule has 316 valence electrons. The molecule has 0 fully saturated rings. The summed E-state index contributed by atoms with van der Waals surface area (Å²) in [5, 5.41) is 2.56. The van der Waals surface area contributed by atoms with Crippen LogP contribution in [0.5, 0.6) is 0 Å². The number of hydrogen-bond acceptors (Lipinski definition) is 3. The Kier molecular flexibility index (Phi) is 8.46. The van der Waals surface area contributed by atoms with E-state index in [1.807, 2.05) is 12.1 Å². The standard InChI is InChI=1S/C64H40N4/c1-3-17-41(18-4-1)43-21-13-24-47(37-43)61-65-62(48-25-14-22-44(38-48)42-19-5-2-6-20-42)67-63(66-61)49-26-15-23-45(39-49)46-35-36-55-53(40-46)50-27-7-9-30-54(50)64(55)56-31-10-12-34-59(56)68-58-33-11-8-28-51(58)52-29-16-32-57(64)60(52)68/h1-40H. The minimum atomic E-state index is -0.500. The zero-order valence-electron chi connectivity index (χ0n) is 36.9. The number of aromatic nitrogens is 4. The van der Waals surface area contributed by atoms with Gasteiger partial charge < -0.3 is 4.57 Å². The van der Waals surface area contributed by atoms with E-state index in [1.165, 1.54) is 60.9 Å². The lowest BCUT2D eigenvalue weighted by atomic mass is 9.65. The van der Waals surface area contributed by atoms with Crippen LogP contribution in [0.3, 0.4) is 0 Å². The number of nitrogens with zero attached hydrogens (tertiary/aromatic N) is 4. The first-order chi connectivity index (χ1) is 33.7. The maximum Gasteiger partial charge on any atom is 0.164 e. The van der Waals surface area contributed by atoms with Crippen molar-refractivity contribution in [3.8, 4) is 84.4 Å². The fraction of sp³-hybridized carbons (Fsp3) is 0.0156. The molecule has 10 aromatic carbocycles. The lowest BCUT2D eigenvalue weighted by Gasteiger charge is -2.39. The van der Waals surface area contributed by atoms with E-state index in [0.717, 1.165) is 50.1 Å². The van der Waals surface area contributed by atoms with Crippen molar-refractivity contribution in [1.29, 1.82) is 0 Å². The third kappa shape index (κ3) is 5.71. The summed E-state index contributed by atoms with van der Waals surface area (Å²) < 4.78 is 2.50. The van der Waals surface area contributed by atoms with Gasteiger partial charge in [-0.2, -0.15) is 0 Å². The van der Waals surface area contributed by atoms with E-state index in [2.05, 4.69) is 235 Å². The van der Waals surface area contributed by atoms with Crippen molar-refractivity contribution in [3.05, 3.63) is 265 Å². The second-order valence-corrected chi connectivity index (χ2v) is 17.9. The Labute approximate surface area is 394 Å². The summed E-state index contributed by atoms with van der Waals surface area (Å²) in [7, 11) is 0. The molecule has 1 spiro atoms. The van der Waals surface area contributed by atoms with E-state index in [0.29, 0.717) is 17.5 Å². The van der Waals surface area contributed by atoms with Gasteiger partial charge >= 0.3 is 0 Å². The van der Waals surface area contributed by atoms with Gasteiger partial charge in [-0.1, -0.05) is 206 Å². The number of fused-ring (bicyclic) bond motifs is 12. The Hall–Kier alpha value is -8.99. The van der Waals surface area contributed by atoms with E-state index >= 15 is 0 Å². The molecule has 14 rings (SSSR count). The predicted octanol–water partition coefficient (Wildman–Crippen LogP) is 15.6. The molecule has 2 aliphatic rings. The first-order valence-electron chi connectivity index (χ1n) is 23.3. The Bertz CT molecular complexity index is 3880. The highest BCUT2D eigenvalue weighted by molar-refractivity contribution is 6.13. The summed E-state index contributed by atoms with van der Waals surface area (Å²) >= 11 is 0. The van der Waals surface area contributed by atoms with Crippen LogP contribution in [0.15, 0.2) is 243 Å². The van der Waals surface area contributed by atoms with Gasteiger partial charge in [-0.15, -0.1) is 0 Å². The molecule has 1 aliphatic heterocycles. The molecule has 1 aliphatic carbocycles. The number of hydrogen-bond donors (Lipinski definition) is 0. The number of rotatable bonds is 6. The van der Waals surface area contributed by atoms with Crippen molar-refractivity contribution < 1.29 is 0 Å². The molecule has 3 heterocycles. The minimum absolute atomic E-state index is 0.500. The highest BCUT2D eigenvalue weighted by Crippen LogP contribution is 2.61. The maximum atomic E-state index is 5.24. The Morgan fingerprint density at radius 3 is 1.37 bits per heavy atom. The topological polar surface area (TPSA) is 43.6 Å². The molecule has 68 heavy (non-hydrogen) atoms. The van der Waals surface area contributed by atoms with Crippen LogP contribution in [0.25, 0.3) is 106 Å². The average Bonchev–Trinajstić information content (AvgIpc) is 3.92.